The van der Waals surface area contributed by atoms with Crippen LogP contribution in [0.1, 0.15) is 33.1 Å². The summed E-state index contributed by atoms with van der Waals surface area (Å²) >= 11 is 0. The number of carbonyl (C=O) groups excluding carboxylic acids is 1. The highest BCUT2D eigenvalue weighted by Gasteiger charge is 1.92. The molecule has 0 aliphatic rings. The van der Waals surface area contributed by atoms with Crippen molar-refractivity contribution in [3.05, 3.63) is 12.2 Å². The summed E-state index contributed by atoms with van der Waals surface area (Å²) in [6, 6.07) is 0. The summed E-state index contributed by atoms with van der Waals surface area (Å²) in [5.41, 5.74) is 1.19. The number of esters is 1. The van der Waals surface area contributed by atoms with Crippen LogP contribution in [0.15, 0.2) is 12.2 Å². The first kappa shape index (κ1) is 10.2. The molecule has 0 atom stereocenters. The molecule has 0 aromatic carbocycles. The molecule has 0 unspecified atom stereocenters. The Morgan fingerprint density at radius 3 is 2.45 bits per heavy atom. The number of hydrogen-bond donors (Lipinski definition) is 0. The van der Waals surface area contributed by atoms with Crippen molar-refractivity contribution in [1.82, 2.24) is 0 Å². The molecule has 0 spiro atoms. The average molecular weight is 156 g/mol. The van der Waals surface area contributed by atoms with Gasteiger partial charge in [0.2, 0.25) is 0 Å². The fourth-order valence-corrected chi connectivity index (χ4v) is 0.745. The van der Waals surface area contributed by atoms with Crippen molar-refractivity contribution in [2.75, 3.05) is 6.61 Å². The number of carbonyl (C=O) groups is 1. The number of hydrogen-bond acceptors (Lipinski definition) is 2. The van der Waals surface area contributed by atoms with E-state index in [2.05, 4.69) is 6.58 Å². The van der Waals surface area contributed by atoms with Gasteiger partial charge < -0.3 is 4.74 Å². The van der Waals surface area contributed by atoms with Crippen LogP contribution in [0.3, 0.4) is 0 Å². The van der Waals surface area contributed by atoms with Crippen LogP contribution in [0, 0.1) is 0 Å². The topological polar surface area (TPSA) is 26.3 Å². The largest absolute Gasteiger partial charge is 0.466 e. The molecule has 0 aromatic heterocycles. The van der Waals surface area contributed by atoms with Crippen LogP contribution in [-0.4, -0.2) is 12.6 Å². The summed E-state index contributed by atoms with van der Waals surface area (Å²) in [5.74, 6) is -0.194. The lowest BCUT2D eigenvalue weighted by Crippen LogP contribution is -2.00. The summed E-state index contributed by atoms with van der Waals surface area (Å²) in [6.45, 7) is 7.76. The van der Waals surface area contributed by atoms with Gasteiger partial charge in [0.1, 0.15) is 0 Å². The highest BCUT2D eigenvalue weighted by molar-refractivity contribution is 5.65. The zero-order chi connectivity index (χ0) is 8.69. The Morgan fingerprint density at radius 2 is 2.00 bits per heavy atom. The molecule has 0 rings (SSSR count). The molecule has 0 saturated heterocycles. The number of rotatable bonds is 5. The maximum atomic E-state index is 10.3. The second-order valence-corrected chi connectivity index (χ2v) is 2.75. The van der Waals surface area contributed by atoms with Crippen molar-refractivity contribution in [2.45, 2.75) is 33.1 Å². The van der Waals surface area contributed by atoms with E-state index in [9.17, 15) is 4.79 Å². The fourth-order valence-electron chi connectivity index (χ4n) is 0.745. The Labute approximate surface area is 68.2 Å². The first-order valence-corrected chi connectivity index (χ1v) is 3.90. The number of unbranched alkanes of at least 4 members (excludes halogenated alkanes) is 1. The summed E-state index contributed by atoms with van der Waals surface area (Å²) < 4.78 is 4.76. The van der Waals surface area contributed by atoms with E-state index in [1.165, 1.54) is 12.5 Å². The van der Waals surface area contributed by atoms with Crippen LogP contribution < -0.4 is 0 Å². The highest BCUT2D eigenvalue weighted by atomic mass is 16.5. The molecule has 0 bridgehead atoms. The lowest BCUT2D eigenvalue weighted by atomic mass is 10.1. The van der Waals surface area contributed by atoms with Crippen LogP contribution in [0.2, 0.25) is 0 Å². The molecular formula is C9H16O2. The van der Waals surface area contributed by atoms with E-state index in [0.29, 0.717) is 6.61 Å². The van der Waals surface area contributed by atoms with Gasteiger partial charge >= 0.3 is 5.97 Å². The van der Waals surface area contributed by atoms with Gasteiger partial charge in [0.25, 0.3) is 0 Å². The molecular weight excluding hydrogens is 140 g/mol. The zero-order valence-corrected chi connectivity index (χ0v) is 7.35. The Kier molecular flexibility index (Phi) is 5.53. The molecule has 2 heteroatoms. The van der Waals surface area contributed by atoms with Crippen molar-refractivity contribution in [1.29, 1.82) is 0 Å². The summed E-state index contributed by atoms with van der Waals surface area (Å²) in [7, 11) is 0. The number of ether oxygens (including phenoxy) is 1. The summed E-state index contributed by atoms with van der Waals surface area (Å²) in [5, 5.41) is 0. The van der Waals surface area contributed by atoms with E-state index in [4.69, 9.17) is 4.74 Å². The van der Waals surface area contributed by atoms with E-state index >= 15 is 0 Å². The minimum Gasteiger partial charge on any atom is -0.466 e. The standard InChI is InChI=1S/C9H16O2/c1-8(2)6-4-5-7-11-9(3)10/h1,4-7H2,2-3H3. The van der Waals surface area contributed by atoms with E-state index in [1.807, 2.05) is 6.92 Å². The van der Waals surface area contributed by atoms with Gasteiger partial charge in [-0.05, 0) is 26.2 Å². The molecule has 0 radical (unpaired) electrons. The third-order valence-corrected chi connectivity index (χ3v) is 1.30. The Bertz CT molecular complexity index is 122. The van der Waals surface area contributed by atoms with Gasteiger partial charge in [0.15, 0.2) is 0 Å². The quantitative estimate of drug-likeness (QED) is 0.347. The van der Waals surface area contributed by atoms with Crippen LogP contribution in [0.25, 0.3) is 0 Å². The van der Waals surface area contributed by atoms with E-state index in [1.54, 1.807) is 0 Å². The molecule has 0 aliphatic heterocycles. The van der Waals surface area contributed by atoms with Gasteiger partial charge in [-0.15, -0.1) is 6.58 Å². The Hall–Kier alpha value is -0.790. The normalized spacial score (nSPS) is 9.27. The predicted octanol–water partition coefficient (Wildman–Crippen LogP) is 2.30. The minimum absolute atomic E-state index is 0.194. The molecule has 0 fully saturated rings. The van der Waals surface area contributed by atoms with Crippen molar-refractivity contribution in [3.63, 3.8) is 0 Å². The average Bonchev–Trinajstić information content (AvgIpc) is 1.85. The molecule has 64 valence electrons. The molecule has 0 aromatic rings. The summed E-state index contributed by atoms with van der Waals surface area (Å²) in [6.07, 6.45) is 3.02. The smallest absolute Gasteiger partial charge is 0.302 e. The molecule has 0 saturated carbocycles. The lowest BCUT2D eigenvalue weighted by molar-refractivity contribution is -0.141. The van der Waals surface area contributed by atoms with E-state index < -0.39 is 0 Å². The molecule has 0 N–H and O–H groups in total. The molecule has 0 amide bonds. The molecule has 2 nitrogen and oxygen atoms in total. The van der Waals surface area contributed by atoms with Gasteiger partial charge in [-0.25, -0.2) is 0 Å². The van der Waals surface area contributed by atoms with E-state index in [-0.39, 0.29) is 5.97 Å². The third-order valence-electron chi connectivity index (χ3n) is 1.30. The van der Waals surface area contributed by atoms with Crippen molar-refractivity contribution < 1.29 is 9.53 Å². The van der Waals surface area contributed by atoms with Gasteiger partial charge in [-0.3, -0.25) is 4.79 Å². The van der Waals surface area contributed by atoms with Crippen molar-refractivity contribution >= 4 is 5.97 Å². The van der Waals surface area contributed by atoms with Gasteiger partial charge in [0, 0.05) is 6.92 Å². The third kappa shape index (κ3) is 9.21. The predicted molar refractivity (Wildman–Crippen MR) is 45.3 cm³/mol. The van der Waals surface area contributed by atoms with Crippen LogP contribution in [-0.2, 0) is 9.53 Å². The van der Waals surface area contributed by atoms with Gasteiger partial charge in [-0.1, -0.05) is 5.57 Å². The Balaban J connectivity index is 3.03. The first-order chi connectivity index (χ1) is 5.13. The summed E-state index contributed by atoms with van der Waals surface area (Å²) in [4.78, 5) is 10.3. The van der Waals surface area contributed by atoms with E-state index in [0.717, 1.165) is 19.3 Å². The Morgan fingerprint density at radius 1 is 1.36 bits per heavy atom. The monoisotopic (exact) mass is 156 g/mol. The van der Waals surface area contributed by atoms with Crippen molar-refractivity contribution in [3.8, 4) is 0 Å². The molecule has 0 heterocycles. The zero-order valence-electron chi connectivity index (χ0n) is 7.35. The maximum Gasteiger partial charge on any atom is 0.302 e. The van der Waals surface area contributed by atoms with Gasteiger partial charge in [-0.2, -0.15) is 0 Å². The first-order valence-electron chi connectivity index (χ1n) is 3.90. The number of allylic oxidation sites excluding steroid dienone is 1. The van der Waals surface area contributed by atoms with Crippen LogP contribution >= 0.6 is 0 Å². The molecule has 0 aliphatic carbocycles. The second-order valence-electron chi connectivity index (χ2n) is 2.75. The highest BCUT2D eigenvalue weighted by Crippen LogP contribution is 2.03. The molecule has 11 heavy (non-hydrogen) atoms. The SMILES string of the molecule is C=C(C)CCCCOC(C)=O. The second kappa shape index (κ2) is 5.96. The minimum atomic E-state index is -0.194. The van der Waals surface area contributed by atoms with Crippen LogP contribution in [0.5, 0.6) is 0 Å². The lowest BCUT2D eigenvalue weighted by Gasteiger charge is -2.00. The fraction of sp³-hybridized carbons (Fsp3) is 0.667. The van der Waals surface area contributed by atoms with Gasteiger partial charge in [0.05, 0.1) is 6.61 Å². The van der Waals surface area contributed by atoms with Crippen molar-refractivity contribution in [2.24, 2.45) is 0 Å². The van der Waals surface area contributed by atoms with Crippen LogP contribution in [0.4, 0.5) is 0 Å². The maximum absolute atomic E-state index is 10.3.